The van der Waals surface area contributed by atoms with Crippen LogP contribution in [-0.2, 0) is 11.2 Å². The molecule has 0 bridgehead atoms. The molecule has 2 unspecified atom stereocenters. The zero-order chi connectivity index (χ0) is 16.0. The van der Waals surface area contributed by atoms with Crippen molar-refractivity contribution in [1.82, 2.24) is 5.32 Å². The van der Waals surface area contributed by atoms with E-state index in [1.165, 1.54) is 10.5 Å². The maximum absolute atomic E-state index is 12.3. The van der Waals surface area contributed by atoms with E-state index in [9.17, 15) is 4.79 Å². The van der Waals surface area contributed by atoms with E-state index in [1.807, 2.05) is 6.92 Å². The first-order valence-corrected chi connectivity index (χ1v) is 7.97. The Kier molecular flexibility index (Phi) is 9.61. The van der Waals surface area contributed by atoms with Gasteiger partial charge in [-0.25, -0.2) is 0 Å². The van der Waals surface area contributed by atoms with Gasteiger partial charge in [0.15, 0.2) is 0 Å². The van der Waals surface area contributed by atoms with Crippen molar-refractivity contribution in [3.63, 3.8) is 0 Å². The number of amides is 1. The molecule has 0 fully saturated rings. The Morgan fingerprint density at radius 1 is 1.09 bits per heavy atom. The molecule has 0 aliphatic heterocycles. The molecule has 4 heteroatoms. The van der Waals surface area contributed by atoms with Crippen molar-refractivity contribution in [3.8, 4) is 0 Å². The molecule has 2 atom stereocenters. The van der Waals surface area contributed by atoms with Gasteiger partial charge in [0.2, 0.25) is 5.91 Å². The molecule has 0 aliphatic rings. The van der Waals surface area contributed by atoms with Crippen LogP contribution >= 0.6 is 0 Å². The van der Waals surface area contributed by atoms with Gasteiger partial charge in [-0.05, 0) is 37.3 Å². The molecule has 0 radical (unpaired) electrons. The summed E-state index contributed by atoms with van der Waals surface area (Å²) in [6.45, 7) is 9.41. The van der Waals surface area contributed by atoms with Gasteiger partial charge < -0.3 is 27.2 Å². The summed E-state index contributed by atoms with van der Waals surface area (Å²) in [5.74, 6) is 0.670. The average Bonchev–Trinajstić information content (AvgIpc) is 2.36. The minimum Gasteiger partial charge on any atom is -1.00 e. The van der Waals surface area contributed by atoms with Crippen LogP contribution in [0.2, 0.25) is 0 Å². The number of hydrogen-bond acceptors (Lipinski definition) is 1. The summed E-state index contributed by atoms with van der Waals surface area (Å²) < 4.78 is 0. The molecule has 3 nitrogen and oxygen atoms in total. The van der Waals surface area contributed by atoms with Gasteiger partial charge >= 0.3 is 0 Å². The number of hydrogen-bond donors (Lipinski definition) is 2. The van der Waals surface area contributed by atoms with Crippen molar-refractivity contribution in [2.45, 2.75) is 46.1 Å². The topological polar surface area (TPSA) is 33.5 Å². The highest BCUT2D eigenvalue weighted by molar-refractivity contribution is 5.83. The lowest BCUT2D eigenvalue weighted by Gasteiger charge is -2.19. The van der Waals surface area contributed by atoms with Crippen LogP contribution in [0.25, 0.3) is 0 Å². The molecule has 1 amide bonds. The average molecular weight is 371 g/mol. The fraction of sp³-hybridized carbons (Fsp3) is 0.611. The molecule has 1 aromatic carbocycles. The first-order valence-electron chi connectivity index (χ1n) is 7.97. The Hall–Kier alpha value is -0.870. The summed E-state index contributed by atoms with van der Waals surface area (Å²) in [6.07, 6.45) is 1.09. The van der Waals surface area contributed by atoms with Crippen molar-refractivity contribution in [1.29, 1.82) is 0 Å². The zero-order valence-electron chi connectivity index (χ0n) is 14.7. The van der Waals surface area contributed by atoms with E-state index < -0.39 is 0 Å². The van der Waals surface area contributed by atoms with Crippen molar-refractivity contribution in [3.05, 3.63) is 35.4 Å². The molecule has 0 saturated heterocycles. The molecule has 0 aromatic heterocycles. The number of quaternary nitrogens is 1. The van der Waals surface area contributed by atoms with Crippen LogP contribution < -0.4 is 27.2 Å². The van der Waals surface area contributed by atoms with Crippen molar-refractivity contribution in [2.24, 2.45) is 5.92 Å². The van der Waals surface area contributed by atoms with E-state index in [0.29, 0.717) is 5.92 Å². The predicted octanol–water partition coefficient (Wildman–Crippen LogP) is -1.36. The number of likely N-dealkylation sites (N-methyl/N-ethyl adjacent to an activating group) is 1. The molecule has 0 heterocycles. The number of nitrogens with one attached hydrogen (secondary N) is 2. The maximum Gasteiger partial charge on any atom is 0.227 e. The standard InChI is InChI=1S/C18H30N2O.BrH/c1-13(2)11-16-7-9-17(10-8-16)15(4)18(21)19-14(3)12-20(5)6;/h7-10,13-15H,11-12H2,1-6H3,(H,19,21);1H. The lowest BCUT2D eigenvalue weighted by Crippen LogP contribution is -3.07. The Labute approximate surface area is 146 Å². The molecule has 1 rings (SSSR count). The van der Waals surface area contributed by atoms with Crippen molar-refractivity contribution < 1.29 is 26.7 Å². The van der Waals surface area contributed by atoms with E-state index in [0.717, 1.165) is 18.5 Å². The minimum absolute atomic E-state index is 0. The van der Waals surface area contributed by atoms with Gasteiger partial charge in [0, 0.05) is 0 Å². The van der Waals surface area contributed by atoms with E-state index in [2.05, 4.69) is 64.4 Å². The number of halogens is 1. The van der Waals surface area contributed by atoms with Crippen LogP contribution in [0.3, 0.4) is 0 Å². The van der Waals surface area contributed by atoms with Crippen LogP contribution in [0.1, 0.15) is 44.7 Å². The predicted molar refractivity (Wildman–Crippen MR) is 88.7 cm³/mol. The first kappa shape index (κ1) is 21.1. The zero-order valence-corrected chi connectivity index (χ0v) is 16.3. The normalized spacial score (nSPS) is 13.6. The largest absolute Gasteiger partial charge is 1.00 e. The second-order valence-corrected chi connectivity index (χ2v) is 6.88. The molecular weight excluding hydrogens is 340 g/mol. The summed E-state index contributed by atoms with van der Waals surface area (Å²) in [5.41, 5.74) is 2.43. The van der Waals surface area contributed by atoms with E-state index in [4.69, 9.17) is 0 Å². The fourth-order valence-corrected chi connectivity index (χ4v) is 2.60. The third-order valence-corrected chi connectivity index (χ3v) is 3.62. The summed E-state index contributed by atoms with van der Waals surface area (Å²) in [6, 6.07) is 8.66. The molecule has 0 saturated carbocycles. The maximum atomic E-state index is 12.3. The van der Waals surface area contributed by atoms with Crippen LogP contribution in [0.4, 0.5) is 0 Å². The third kappa shape index (κ3) is 7.41. The Balaban J connectivity index is 0.00000441. The van der Waals surface area contributed by atoms with Crippen LogP contribution in [0.5, 0.6) is 0 Å². The Bertz CT molecular complexity index is 443. The molecule has 1 aromatic rings. The lowest BCUT2D eigenvalue weighted by molar-refractivity contribution is -0.859. The number of carbonyl (C=O) groups is 1. The highest BCUT2D eigenvalue weighted by Crippen LogP contribution is 2.17. The molecule has 0 spiro atoms. The summed E-state index contributed by atoms with van der Waals surface area (Å²) in [5, 5.41) is 3.10. The van der Waals surface area contributed by atoms with Gasteiger partial charge in [0.25, 0.3) is 0 Å². The van der Waals surface area contributed by atoms with Gasteiger partial charge in [-0.3, -0.25) is 4.79 Å². The highest BCUT2D eigenvalue weighted by atomic mass is 79.9. The second kappa shape index (κ2) is 10.0. The monoisotopic (exact) mass is 370 g/mol. The second-order valence-electron chi connectivity index (χ2n) is 6.88. The SMILES string of the molecule is CC(C)Cc1ccc(C(C)C(=O)NC(C)C[NH+](C)C)cc1.[Br-]. The van der Waals surface area contributed by atoms with Gasteiger partial charge in [-0.1, -0.05) is 38.1 Å². The quantitative estimate of drug-likeness (QED) is 0.610. The Morgan fingerprint density at radius 3 is 2.09 bits per heavy atom. The highest BCUT2D eigenvalue weighted by Gasteiger charge is 2.18. The number of benzene rings is 1. The van der Waals surface area contributed by atoms with Crippen molar-refractivity contribution >= 4 is 5.91 Å². The van der Waals surface area contributed by atoms with E-state index in [1.54, 1.807) is 0 Å². The van der Waals surface area contributed by atoms with Crippen LogP contribution in [0, 0.1) is 5.92 Å². The molecular formula is C18H31BrN2O. The number of carbonyl (C=O) groups excluding carboxylic acids is 1. The van der Waals surface area contributed by atoms with Crippen LogP contribution in [0.15, 0.2) is 24.3 Å². The van der Waals surface area contributed by atoms with Crippen LogP contribution in [-0.4, -0.2) is 32.6 Å². The van der Waals surface area contributed by atoms with Gasteiger partial charge in [0.1, 0.15) is 0 Å². The fourth-order valence-electron chi connectivity index (χ4n) is 2.60. The third-order valence-electron chi connectivity index (χ3n) is 3.62. The minimum atomic E-state index is -0.0993. The van der Waals surface area contributed by atoms with Gasteiger partial charge in [-0.15, -0.1) is 0 Å². The molecule has 0 aliphatic carbocycles. The first-order chi connectivity index (χ1) is 9.79. The van der Waals surface area contributed by atoms with E-state index in [-0.39, 0.29) is 34.8 Å². The van der Waals surface area contributed by atoms with Gasteiger partial charge in [0.05, 0.1) is 32.6 Å². The molecule has 22 heavy (non-hydrogen) atoms. The molecule has 2 N–H and O–H groups in total. The lowest BCUT2D eigenvalue weighted by atomic mass is 9.96. The summed E-state index contributed by atoms with van der Waals surface area (Å²) in [7, 11) is 4.19. The molecule has 126 valence electrons. The summed E-state index contributed by atoms with van der Waals surface area (Å²) >= 11 is 0. The summed E-state index contributed by atoms with van der Waals surface area (Å²) in [4.78, 5) is 13.6. The van der Waals surface area contributed by atoms with E-state index >= 15 is 0 Å². The van der Waals surface area contributed by atoms with Crippen molar-refractivity contribution in [2.75, 3.05) is 20.6 Å². The van der Waals surface area contributed by atoms with Gasteiger partial charge in [-0.2, -0.15) is 0 Å². The smallest absolute Gasteiger partial charge is 0.227 e. The Morgan fingerprint density at radius 2 is 1.64 bits per heavy atom. The number of rotatable bonds is 7.